The van der Waals surface area contributed by atoms with E-state index in [9.17, 15) is 0 Å². The zero-order valence-electron chi connectivity index (χ0n) is 13.0. The number of hydrogen-bond acceptors (Lipinski definition) is 3. The Labute approximate surface area is 121 Å². The molecule has 0 saturated carbocycles. The van der Waals surface area contributed by atoms with E-state index >= 15 is 0 Å². The maximum absolute atomic E-state index is 6.13. The monoisotopic (exact) mass is 275 g/mol. The fourth-order valence-corrected chi connectivity index (χ4v) is 3.52. The molecule has 20 heavy (non-hydrogen) atoms. The van der Waals surface area contributed by atoms with E-state index < -0.39 is 0 Å². The molecule has 0 fully saturated rings. The van der Waals surface area contributed by atoms with Crippen molar-refractivity contribution >= 4 is 0 Å². The lowest BCUT2D eigenvalue weighted by Crippen LogP contribution is -2.10. The van der Waals surface area contributed by atoms with E-state index in [0.29, 0.717) is 12.2 Å². The number of fused-ring (bicyclic) bond motifs is 2. The van der Waals surface area contributed by atoms with E-state index in [-0.39, 0.29) is 0 Å². The van der Waals surface area contributed by atoms with Gasteiger partial charge in [0.25, 0.3) is 0 Å². The van der Waals surface area contributed by atoms with Gasteiger partial charge in [-0.05, 0) is 52.8 Å². The Bertz CT molecular complexity index is 485. The van der Waals surface area contributed by atoms with E-state index in [1.807, 2.05) is 7.05 Å². The van der Waals surface area contributed by atoms with E-state index in [2.05, 4.69) is 26.1 Å². The van der Waals surface area contributed by atoms with E-state index in [1.54, 1.807) is 0 Å². The topological polar surface area (TPSA) is 30.5 Å². The predicted molar refractivity (Wildman–Crippen MR) is 81.0 cm³/mol. The van der Waals surface area contributed by atoms with Crippen LogP contribution in [-0.4, -0.2) is 25.8 Å². The SMILES string of the molecule is CNCCCc1c2c(c(C)c3c1OC(C)C3)OC(C)C2. The van der Waals surface area contributed by atoms with Crippen LogP contribution in [0.4, 0.5) is 0 Å². The maximum Gasteiger partial charge on any atom is 0.127 e. The van der Waals surface area contributed by atoms with Crippen LogP contribution in [0.1, 0.15) is 42.5 Å². The molecule has 0 aromatic heterocycles. The first-order valence-electron chi connectivity index (χ1n) is 7.77. The predicted octanol–water partition coefficient (Wildman–Crippen LogP) is 2.79. The molecule has 2 atom stereocenters. The Balaban J connectivity index is 2.03. The summed E-state index contributed by atoms with van der Waals surface area (Å²) in [5.41, 5.74) is 5.49. The Morgan fingerprint density at radius 1 is 1.05 bits per heavy atom. The fourth-order valence-electron chi connectivity index (χ4n) is 3.52. The molecule has 3 heteroatoms. The van der Waals surface area contributed by atoms with Gasteiger partial charge in [0, 0.05) is 29.5 Å². The van der Waals surface area contributed by atoms with Crippen LogP contribution in [0.5, 0.6) is 11.5 Å². The molecule has 3 rings (SSSR count). The minimum absolute atomic E-state index is 0.298. The zero-order chi connectivity index (χ0) is 14.3. The second kappa shape index (κ2) is 5.28. The Morgan fingerprint density at radius 3 is 2.40 bits per heavy atom. The largest absolute Gasteiger partial charge is 0.490 e. The van der Waals surface area contributed by atoms with Crippen LogP contribution in [0, 0.1) is 6.92 Å². The summed E-state index contributed by atoms with van der Waals surface area (Å²) in [7, 11) is 2.01. The third-order valence-electron chi connectivity index (χ3n) is 4.45. The van der Waals surface area contributed by atoms with E-state index in [4.69, 9.17) is 9.47 Å². The lowest BCUT2D eigenvalue weighted by atomic mass is 9.91. The van der Waals surface area contributed by atoms with Crippen molar-refractivity contribution in [3.63, 3.8) is 0 Å². The summed E-state index contributed by atoms with van der Waals surface area (Å²) in [6.45, 7) is 7.55. The average molecular weight is 275 g/mol. The second-order valence-electron chi connectivity index (χ2n) is 6.19. The molecule has 0 amide bonds. The fraction of sp³-hybridized carbons (Fsp3) is 0.647. The van der Waals surface area contributed by atoms with Gasteiger partial charge in [-0.25, -0.2) is 0 Å². The molecule has 2 heterocycles. The molecule has 110 valence electrons. The molecule has 0 saturated heterocycles. The molecular formula is C17H25NO2. The van der Waals surface area contributed by atoms with Gasteiger partial charge in [0.15, 0.2) is 0 Å². The lowest BCUT2D eigenvalue weighted by molar-refractivity contribution is 0.251. The van der Waals surface area contributed by atoms with E-state index in [0.717, 1.165) is 38.0 Å². The summed E-state index contributed by atoms with van der Waals surface area (Å²) < 4.78 is 12.2. The smallest absolute Gasteiger partial charge is 0.127 e. The van der Waals surface area contributed by atoms with Crippen molar-refractivity contribution in [1.82, 2.24) is 5.32 Å². The van der Waals surface area contributed by atoms with Crippen molar-refractivity contribution in [2.24, 2.45) is 0 Å². The number of hydrogen-bond donors (Lipinski definition) is 1. The van der Waals surface area contributed by atoms with Gasteiger partial charge in [0.2, 0.25) is 0 Å². The normalized spacial score (nSPS) is 23.2. The first-order valence-corrected chi connectivity index (χ1v) is 7.77. The summed E-state index contributed by atoms with van der Waals surface area (Å²) in [4.78, 5) is 0. The number of rotatable bonds is 4. The van der Waals surface area contributed by atoms with Crippen LogP contribution in [0.2, 0.25) is 0 Å². The molecule has 3 nitrogen and oxygen atoms in total. The molecule has 0 radical (unpaired) electrons. The van der Waals surface area contributed by atoms with E-state index in [1.165, 1.54) is 28.0 Å². The molecule has 0 bridgehead atoms. The van der Waals surface area contributed by atoms with Gasteiger partial charge in [-0.2, -0.15) is 0 Å². The quantitative estimate of drug-likeness (QED) is 0.857. The van der Waals surface area contributed by atoms with Crippen LogP contribution < -0.4 is 14.8 Å². The molecule has 1 aromatic rings. The van der Waals surface area contributed by atoms with Crippen molar-refractivity contribution in [2.45, 2.75) is 58.7 Å². The number of nitrogens with one attached hydrogen (secondary N) is 1. The minimum atomic E-state index is 0.298. The first-order chi connectivity index (χ1) is 9.61. The van der Waals surface area contributed by atoms with Crippen molar-refractivity contribution in [2.75, 3.05) is 13.6 Å². The third kappa shape index (κ3) is 2.18. The molecule has 1 N–H and O–H groups in total. The van der Waals surface area contributed by atoms with Gasteiger partial charge in [0.05, 0.1) is 0 Å². The Morgan fingerprint density at radius 2 is 1.70 bits per heavy atom. The summed E-state index contributed by atoms with van der Waals surface area (Å²) in [5, 5.41) is 3.23. The summed E-state index contributed by atoms with van der Waals surface area (Å²) in [6.07, 6.45) is 4.86. The summed E-state index contributed by atoms with van der Waals surface area (Å²) in [6, 6.07) is 0. The highest BCUT2D eigenvalue weighted by Crippen LogP contribution is 2.46. The number of ether oxygens (including phenoxy) is 2. The van der Waals surface area contributed by atoms with Gasteiger partial charge < -0.3 is 14.8 Å². The minimum Gasteiger partial charge on any atom is -0.490 e. The highest BCUT2D eigenvalue weighted by atomic mass is 16.5. The van der Waals surface area contributed by atoms with Gasteiger partial charge >= 0.3 is 0 Å². The molecule has 1 aromatic carbocycles. The summed E-state index contributed by atoms with van der Waals surface area (Å²) in [5.74, 6) is 2.32. The van der Waals surface area contributed by atoms with Gasteiger partial charge in [0.1, 0.15) is 23.7 Å². The van der Waals surface area contributed by atoms with Gasteiger partial charge in [-0.1, -0.05) is 0 Å². The van der Waals surface area contributed by atoms with Crippen molar-refractivity contribution in [3.05, 3.63) is 22.3 Å². The third-order valence-corrected chi connectivity index (χ3v) is 4.45. The van der Waals surface area contributed by atoms with Gasteiger partial charge in [-0.15, -0.1) is 0 Å². The second-order valence-corrected chi connectivity index (χ2v) is 6.19. The van der Waals surface area contributed by atoms with Crippen molar-refractivity contribution in [3.8, 4) is 11.5 Å². The lowest BCUT2D eigenvalue weighted by Gasteiger charge is -2.16. The highest BCUT2D eigenvalue weighted by Gasteiger charge is 2.33. The zero-order valence-corrected chi connectivity index (χ0v) is 13.0. The van der Waals surface area contributed by atoms with Gasteiger partial charge in [-0.3, -0.25) is 0 Å². The summed E-state index contributed by atoms with van der Waals surface area (Å²) >= 11 is 0. The average Bonchev–Trinajstić information content (AvgIpc) is 2.97. The Hall–Kier alpha value is -1.22. The number of benzene rings is 1. The highest BCUT2D eigenvalue weighted by molar-refractivity contribution is 5.62. The molecule has 2 unspecified atom stereocenters. The first kappa shape index (κ1) is 13.7. The Kier molecular flexibility index (Phi) is 3.63. The molecule has 2 aliphatic rings. The molecular weight excluding hydrogens is 250 g/mol. The van der Waals surface area contributed by atoms with Crippen LogP contribution >= 0.6 is 0 Å². The molecule has 2 aliphatic heterocycles. The van der Waals surface area contributed by atoms with Crippen LogP contribution in [0.25, 0.3) is 0 Å². The van der Waals surface area contributed by atoms with Crippen molar-refractivity contribution in [1.29, 1.82) is 0 Å². The van der Waals surface area contributed by atoms with Crippen LogP contribution in [0.15, 0.2) is 0 Å². The standard InChI is InChI=1S/C17H25NO2/c1-10-8-14-12(3)16-15(9-11(2)19-16)13(17(14)20-10)6-5-7-18-4/h10-11,18H,5-9H2,1-4H3. The van der Waals surface area contributed by atoms with Crippen LogP contribution in [-0.2, 0) is 19.3 Å². The van der Waals surface area contributed by atoms with Crippen molar-refractivity contribution < 1.29 is 9.47 Å². The maximum atomic E-state index is 6.13. The molecule has 0 aliphatic carbocycles. The molecule has 0 spiro atoms. The van der Waals surface area contributed by atoms with Crippen LogP contribution in [0.3, 0.4) is 0 Å².